The van der Waals surface area contributed by atoms with Gasteiger partial charge >= 0.3 is 0 Å². The van der Waals surface area contributed by atoms with Crippen molar-refractivity contribution in [1.82, 2.24) is 9.80 Å². The van der Waals surface area contributed by atoms with Crippen molar-refractivity contribution in [2.24, 2.45) is 17.1 Å². The molecule has 1 saturated heterocycles. The van der Waals surface area contributed by atoms with Crippen molar-refractivity contribution in [3.05, 3.63) is 0 Å². The molecule has 2 fully saturated rings. The lowest BCUT2D eigenvalue weighted by Gasteiger charge is -2.42. The van der Waals surface area contributed by atoms with Gasteiger partial charge in [-0.05, 0) is 58.0 Å². The molecule has 1 saturated carbocycles. The number of hydrogen-bond acceptors (Lipinski definition) is 3. The molecule has 0 aromatic heterocycles. The Morgan fingerprint density at radius 2 is 1.95 bits per heavy atom. The molecular weight excluding hydrogens is 262 g/mol. The van der Waals surface area contributed by atoms with E-state index in [1.165, 1.54) is 0 Å². The van der Waals surface area contributed by atoms with Gasteiger partial charge in [0.05, 0.1) is 5.41 Å². The lowest BCUT2D eigenvalue weighted by atomic mass is 9.69. The van der Waals surface area contributed by atoms with Crippen molar-refractivity contribution in [1.29, 1.82) is 0 Å². The fourth-order valence-corrected chi connectivity index (χ4v) is 3.98. The normalized spacial score (nSPS) is 35.5. The van der Waals surface area contributed by atoms with Crippen LogP contribution in [0.1, 0.15) is 52.4 Å². The first-order valence-corrected chi connectivity index (χ1v) is 8.72. The molecule has 0 aromatic rings. The van der Waals surface area contributed by atoms with Gasteiger partial charge in [-0.1, -0.05) is 13.8 Å². The molecule has 4 heteroatoms. The molecule has 1 aliphatic carbocycles. The first-order valence-electron chi connectivity index (χ1n) is 8.72. The third kappa shape index (κ3) is 3.59. The molecule has 2 aliphatic rings. The minimum Gasteiger partial charge on any atom is -0.338 e. The lowest BCUT2D eigenvalue weighted by molar-refractivity contribution is -0.146. The van der Waals surface area contributed by atoms with Gasteiger partial charge in [0.15, 0.2) is 0 Å². The average Bonchev–Trinajstić information content (AvgIpc) is 2.69. The summed E-state index contributed by atoms with van der Waals surface area (Å²) in [6, 6.07) is 0.354. The van der Waals surface area contributed by atoms with Crippen molar-refractivity contribution in [3.8, 4) is 0 Å². The molecule has 0 aromatic carbocycles. The minimum absolute atomic E-state index is 0.275. The molecule has 1 aliphatic heterocycles. The number of nitrogens with two attached hydrogens (primary N) is 1. The van der Waals surface area contributed by atoms with E-state index in [0.29, 0.717) is 18.5 Å². The quantitative estimate of drug-likeness (QED) is 0.867. The molecular formula is C17H33N3O. The molecule has 122 valence electrons. The van der Waals surface area contributed by atoms with Crippen molar-refractivity contribution >= 4 is 5.91 Å². The third-order valence-corrected chi connectivity index (χ3v) is 5.71. The van der Waals surface area contributed by atoms with Crippen LogP contribution < -0.4 is 5.73 Å². The molecule has 21 heavy (non-hydrogen) atoms. The summed E-state index contributed by atoms with van der Waals surface area (Å²) >= 11 is 0. The molecule has 0 bridgehead atoms. The monoisotopic (exact) mass is 295 g/mol. The van der Waals surface area contributed by atoms with E-state index in [-0.39, 0.29) is 5.41 Å². The van der Waals surface area contributed by atoms with Gasteiger partial charge in [0.25, 0.3) is 0 Å². The molecule has 1 heterocycles. The Hall–Kier alpha value is -0.610. The van der Waals surface area contributed by atoms with Gasteiger partial charge in [0, 0.05) is 25.7 Å². The standard InChI is InChI=1S/C17H33N3O/c1-4-15-12-19(3)10-5-11-20(15)16(21)17(13-18)8-6-14(2)7-9-17/h14-15H,4-13,18H2,1-3H3. The Bertz CT molecular complexity index is 350. The van der Waals surface area contributed by atoms with Crippen molar-refractivity contribution in [2.45, 2.75) is 58.4 Å². The fraction of sp³-hybridized carbons (Fsp3) is 0.941. The van der Waals surface area contributed by atoms with E-state index in [0.717, 1.165) is 64.1 Å². The van der Waals surface area contributed by atoms with Crippen molar-refractivity contribution in [2.75, 3.05) is 33.2 Å². The molecule has 4 nitrogen and oxygen atoms in total. The van der Waals surface area contributed by atoms with E-state index in [4.69, 9.17) is 5.73 Å². The first kappa shape index (κ1) is 16.8. The van der Waals surface area contributed by atoms with E-state index >= 15 is 0 Å². The number of rotatable bonds is 3. The topological polar surface area (TPSA) is 49.6 Å². The molecule has 2 rings (SSSR count). The number of carbonyl (C=O) groups is 1. The van der Waals surface area contributed by atoms with Gasteiger partial charge in [-0.2, -0.15) is 0 Å². The predicted molar refractivity (Wildman–Crippen MR) is 87.0 cm³/mol. The van der Waals surface area contributed by atoms with Gasteiger partial charge in [-0.3, -0.25) is 4.79 Å². The van der Waals surface area contributed by atoms with Crippen molar-refractivity contribution in [3.63, 3.8) is 0 Å². The maximum atomic E-state index is 13.3. The summed E-state index contributed by atoms with van der Waals surface area (Å²) in [6.45, 7) is 8.00. The van der Waals surface area contributed by atoms with Crippen LogP contribution in [0.3, 0.4) is 0 Å². The maximum absolute atomic E-state index is 13.3. The van der Waals surface area contributed by atoms with Crippen LogP contribution in [-0.2, 0) is 4.79 Å². The second-order valence-corrected chi connectivity index (χ2v) is 7.34. The smallest absolute Gasteiger partial charge is 0.230 e. The highest BCUT2D eigenvalue weighted by Crippen LogP contribution is 2.40. The first-order chi connectivity index (χ1) is 10.0. The summed E-state index contributed by atoms with van der Waals surface area (Å²) in [4.78, 5) is 17.8. The number of carbonyl (C=O) groups excluding carboxylic acids is 1. The Balaban J connectivity index is 2.15. The van der Waals surface area contributed by atoms with Gasteiger partial charge in [-0.25, -0.2) is 0 Å². The molecule has 1 amide bonds. The van der Waals surface area contributed by atoms with Gasteiger partial charge in [0.2, 0.25) is 5.91 Å². The number of nitrogens with zero attached hydrogens (tertiary/aromatic N) is 2. The van der Waals surface area contributed by atoms with E-state index < -0.39 is 0 Å². The zero-order valence-electron chi connectivity index (χ0n) is 14.1. The zero-order valence-corrected chi connectivity index (χ0v) is 14.1. The van der Waals surface area contributed by atoms with Crippen LogP contribution in [0.4, 0.5) is 0 Å². The Morgan fingerprint density at radius 1 is 1.29 bits per heavy atom. The Labute approximate surface area is 130 Å². The molecule has 0 radical (unpaired) electrons. The van der Waals surface area contributed by atoms with E-state index in [1.54, 1.807) is 0 Å². The van der Waals surface area contributed by atoms with Crippen molar-refractivity contribution < 1.29 is 4.79 Å². The van der Waals surface area contributed by atoms with Crippen LogP contribution in [0.25, 0.3) is 0 Å². The third-order valence-electron chi connectivity index (χ3n) is 5.71. The van der Waals surface area contributed by atoms with E-state index in [2.05, 4.69) is 30.7 Å². The predicted octanol–water partition coefficient (Wildman–Crippen LogP) is 2.08. The lowest BCUT2D eigenvalue weighted by Crippen LogP contribution is -2.54. The zero-order chi connectivity index (χ0) is 15.5. The maximum Gasteiger partial charge on any atom is 0.230 e. The van der Waals surface area contributed by atoms with Gasteiger partial charge in [0.1, 0.15) is 0 Å². The van der Waals surface area contributed by atoms with Crippen LogP contribution >= 0.6 is 0 Å². The summed E-state index contributed by atoms with van der Waals surface area (Å²) in [5, 5.41) is 0. The summed E-state index contributed by atoms with van der Waals surface area (Å²) in [6.07, 6.45) is 6.36. The Morgan fingerprint density at radius 3 is 2.52 bits per heavy atom. The molecule has 1 unspecified atom stereocenters. The van der Waals surface area contributed by atoms with Gasteiger partial charge < -0.3 is 15.5 Å². The summed E-state index contributed by atoms with van der Waals surface area (Å²) in [5.41, 5.74) is 5.81. The van der Waals surface area contributed by atoms with Gasteiger partial charge in [-0.15, -0.1) is 0 Å². The van der Waals surface area contributed by atoms with Crippen LogP contribution in [-0.4, -0.2) is 55.0 Å². The minimum atomic E-state index is -0.275. The number of hydrogen-bond donors (Lipinski definition) is 1. The second kappa shape index (κ2) is 7.10. The average molecular weight is 295 g/mol. The molecule has 2 N–H and O–H groups in total. The van der Waals surface area contributed by atoms with Crippen LogP contribution in [0.5, 0.6) is 0 Å². The molecule has 1 atom stereocenters. The second-order valence-electron chi connectivity index (χ2n) is 7.34. The molecule has 0 spiro atoms. The van der Waals surface area contributed by atoms with E-state index in [9.17, 15) is 4.79 Å². The highest BCUT2D eigenvalue weighted by Gasteiger charge is 2.43. The summed E-state index contributed by atoms with van der Waals surface area (Å²) in [7, 11) is 2.16. The highest BCUT2D eigenvalue weighted by atomic mass is 16.2. The van der Waals surface area contributed by atoms with Crippen LogP contribution in [0.15, 0.2) is 0 Å². The summed E-state index contributed by atoms with van der Waals surface area (Å²) < 4.78 is 0. The highest BCUT2D eigenvalue weighted by molar-refractivity contribution is 5.83. The number of amides is 1. The fourth-order valence-electron chi connectivity index (χ4n) is 3.98. The van der Waals surface area contributed by atoms with E-state index in [1.807, 2.05) is 0 Å². The SMILES string of the molecule is CCC1CN(C)CCCN1C(=O)C1(CN)CCC(C)CC1. The van der Waals surface area contributed by atoms with Crippen LogP contribution in [0, 0.1) is 11.3 Å². The Kier molecular flexibility index (Phi) is 5.67. The largest absolute Gasteiger partial charge is 0.338 e. The number of likely N-dealkylation sites (N-methyl/N-ethyl adjacent to an activating group) is 1. The van der Waals surface area contributed by atoms with Crippen LogP contribution in [0.2, 0.25) is 0 Å². The summed E-state index contributed by atoms with van der Waals surface area (Å²) in [5.74, 6) is 1.09.